The number of hydrogen-bond acceptors (Lipinski definition) is 5. The second-order valence-electron chi connectivity index (χ2n) is 17.8. The van der Waals surface area contributed by atoms with Crippen molar-refractivity contribution >= 4 is 37.4 Å². The van der Waals surface area contributed by atoms with Crippen LogP contribution in [-0.2, 0) is 13.6 Å². The van der Waals surface area contributed by atoms with E-state index in [0.717, 1.165) is 19.3 Å². The zero-order valence-electron chi connectivity index (χ0n) is 32.9. The third-order valence-electron chi connectivity index (χ3n) is 11.7. The van der Waals surface area contributed by atoms with E-state index in [9.17, 15) is 10.2 Å². The van der Waals surface area contributed by atoms with E-state index in [1.807, 2.05) is 12.1 Å². The van der Waals surface area contributed by atoms with Gasteiger partial charge in [-0.15, -0.1) is 0 Å². The van der Waals surface area contributed by atoms with Crippen LogP contribution in [0.2, 0.25) is 10.1 Å². The Hall–Kier alpha value is -2.89. The first-order valence-corrected chi connectivity index (χ1v) is 23.6. The van der Waals surface area contributed by atoms with Gasteiger partial charge >= 0.3 is 0 Å². The molecule has 2 aliphatic carbocycles. The molecule has 1 aliphatic heterocycles. The highest BCUT2D eigenvalue weighted by Gasteiger charge is 2.54. The summed E-state index contributed by atoms with van der Waals surface area (Å²) in [4.78, 5) is 0. The number of ether oxygens (including phenoxy) is 1. The van der Waals surface area contributed by atoms with Crippen LogP contribution in [0.25, 0.3) is 0 Å². The zero-order valence-corrected chi connectivity index (χ0v) is 34.9. The Bertz CT molecular complexity index is 1630. The Morgan fingerprint density at radius 3 is 1.36 bits per heavy atom. The van der Waals surface area contributed by atoms with Crippen molar-refractivity contribution < 1.29 is 23.8 Å². The lowest BCUT2D eigenvalue weighted by Gasteiger charge is -2.43. The van der Waals surface area contributed by atoms with Crippen molar-refractivity contribution in [2.24, 2.45) is 0 Å². The predicted molar refractivity (Wildman–Crippen MR) is 223 cm³/mol. The molecule has 2 N–H and O–H groups in total. The van der Waals surface area contributed by atoms with Crippen LogP contribution in [0.1, 0.15) is 92.9 Å². The molecule has 5 nitrogen and oxygen atoms in total. The Labute approximate surface area is 321 Å². The summed E-state index contributed by atoms with van der Waals surface area (Å²) in [5.74, 6) is 0. The summed E-state index contributed by atoms with van der Waals surface area (Å²) in [6.07, 6.45) is 7.46. The van der Waals surface area contributed by atoms with Crippen LogP contribution in [0.4, 0.5) is 0 Å². The normalized spacial score (nSPS) is 19.7. The lowest BCUT2D eigenvalue weighted by Crippen LogP contribution is -2.67. The quantitative estimate of drug-likeness (QED) is 0.139. The fraction of sp³-hybridized carbons (Fsp3) is 0.478. The Balaban J connectivity index is 0.000000181. The highest BCUT2D eigenvalue weighted by Crippen LogP contribution is 2.50. The summed E-state index contributed by atoms with van der Waals surface area (Å²) in [6, 6.07) is 42.7. The molecule has 4 aromatic rings. The van der Waals surface area contributed by atoms with Gasteiger partial charge in [-0.2, -0.15) is 0 Å². The largest absolute Gasteiger partial charge is 0.405 e. The first-order chi connectivity index (χ1) is 25.2. The summed E-state index contributed by atoms with van der Waals surface area (Å²) < 4.78 is 20.0. The van der Waals surface area contributed by atoms with Gasteiger partial charge in [0.1, 0.15) is 0 Å². The maximum atomic E-state index is 10.5. The maximum absolute atomic E-state index is 10.5. The van der Waals surface area contributed by atoms with E-state index in [2.05, 4.69) is 151 Å². The van der Waals surface area contributed by atoms with E-state index in [4.69, 9.17) is 13.6 Å². The van der Waals surface area contributed by atoms with Gasteiger partial charge in [-0.05, 0) is 82.2 Å². The molecule has 0 radical (unpaired) electrons. The van der Waals surface area contributed by atoms with E-state index >= 15 is 0 Å². The van der Waals surface area contributed by atoms with Gasteiger partial charge in [0, 0.05) is 0 Å². The van der Waals surface area contributed by atoms with Crippen molar-refractivity contribution in [3.8, 4) is 0 Å². The molecule has 0 bridgehead atoms. The molecule has 7 rings (SSSR count). The highest BCUT2D eigenvalue weighted by atomic mass is 28.4. The maximum Gasteiger partial charge on any atom is 0.261 e. The van der Waals surface area contributed by atoms with Crippen LogP contribution in [0.3, 0.4) is 0 Å². The SMILES string of the molecule is CC(C)(C)[Si](OC[C@@H](O)CCC1(O)CC1)(c1ccccc1)c1ccccc1.CC(C)(C)[Si](OC[C@H]1CCC2(CC2)O1)(c1ccccc1)c1ccccc1. The minimum Gasteiger partial charge on any atom is -0.405 e. The molecule has 7 heteroatoms. The lowest BCUT2D eigenvalue weighted by atomic mass is 10.1. The molecule has 3 aliphatic rings. The second-order valence-corrected chi connectivity index (χ2v) is 26.4. The van der Waals surface area contributed by atoms with Gasteiger partial charge in [0.25, 0.3) is 16.6 Å². The minimum absolute atomic E-state index is 0.0333. The Morgan fingerprint density at radius 2 is 1.02 bits per heavy atom. The van der Waals surface area contributed by atoms with Crippen molar-refractivity contribution in [2.75, 3.05) is 13.2 Å². The molecular formula is C46H62O5Si2. The number of benzene rings is 4. The van der Waals surface area contributed by atoms with Crippen molar-refractivity contribution in [3.05, 3.63) is 121 Å². The van der Waals surface area contributed by atoms with Gasteiger partial charge in [-0.3, -0.25) is 0 Å². The van der Waals surface area contributed by atoms with Gasteiger partial charge in [-0.25, -0.2) is 0 Å². The van der Waals surface area contributed by atoms with Crippen LogP contribution in [0.5, 0.6) is 0 Å². The zero-order chi connectivity index (χ0) is 37.8. The standard InChI is InChI=1S/C23H32O3Si.C23H30O2Si/c1-22(2,3)27(20-10-6-4-7-11-20,21-12-8-5-9-13-21)26-18-19(24)14-15-23(25)16-17-23;1-22(2,3)26(20-10-6-4-7-11-20,21-12-8-5-9-13-21)24-18-19-14-15-23(25-19)16-17-23/h4-13,19,24-25H,14-18H2,1-3H3;4-13,19H,14-18H2,1-3H3/t2*19-/m01/s1. The number of aliphatic hydroxyl groups excluding tert-OH is 1. The van der Waals surface area contributed by atoms with E-state index in [-0.39, 0.29) is 21.8 Å². The van der Waals surface area contributed by atoms with Crippen LogP contribution in [0.15, 0.2) is 121 Å². The summed E-state index contributed by atoms with van der Waals surface area (Å²) >= 11 is 0. The monoisotopic (exact) mass is 750 g/mol. The van der Waals surface area contributed by atoms with E-state index < -0.39 is 28.3 Å². The van der Waals surface area contributed by atoms with Crippen molar-refractivity contribution in [1.82, 2.24) is 0 Å². The third-order valence-corrected chi connectivity index (χ3v) is 21.7. The van der Waals surface area contributed by atoms with Gasteiger partial charge in [0.2, 0.25) is 0 Å². The molecule has 53 heavy (non-hydrogen) atoms. The van der Waals surface area contributed by atoms with Gasteiger partial charge in [0.15, 0.2) is 0 Å². The van der Waals surface area contributed by atoms with Crippen molar-refractivity contribution in [1.29, 1.82) is 0 Å². The fourth-order valence-electron chi connectivity index (χ4n) is 8.40. The molecule has 2 atom stereocenters. The smallest absolute Gasteiger partial charge is 0.261 e. The van der Waals surface area contributed by atoms with Crippen LogP contribution < -0.4 is 20.7 Å². The average molecular weight is 751 g/mol. The molecule has 0 unspecified atom stereocenters. The lowest BCUT2D eigenvalue weighted by molar-refractivity contribution is 0.00179. The molecule has 284 valence electrons. The van der Waals surface area contributed by atoms with Crippen molar-refractivity contribution in [2.45, 2.75) is 126 Å². The van der Waals surface area contributed by atoms with E-state index in [0.29, 0.717) is 26.1 Å². The molecule has 2 saturated carbocycles. The first-order valence-electron chi connectivity index (χ1n) is 19.8. The molecule has 1 heterocycles. The fourth-order valence-corrected chi connectivity index (χ4v) is 17.6. The van der Waals surface area contributed by atoms with E-state index in [1.165, 1.54) is 40.0 Å². The van der Waals surface area contributed by atoms with Gasteiger partial charge in [0.05, 0.1) is 36.6 Å². The van der Waals surface area contributed by atoms with Crippen LogP contribution >= 0.6 is 0 Å². The van der Waals surface area contributed by atoms with Gasteiger partial charge < -0.3 is 23.8 Å². The average Bonchev–Trinajstić information content (AvgIpc) is 4.05. The second kappa shape index (κ2) is 16.1. The number of aliphatic hydroxyl groups is 2. The minimum atomic E-state index is -2.59. The number of hydrogen-bond donors (Lipinski definition) is 2. The molecule has 1 saturated heterocycles. The molecular weight excluding hydrogens is 689 g/mol. The van der Waals surface area contributed by atoms with E-state index in [1.54, 1.807) is 0 Å². The highest BCUT2D eigenvalue weighted by molar-refractivity contribution is 7.00. The molecule has 0 aromatic heterocycles. The molecule has 0 amide bonds. The Kier molecular flexibility index (Phi) is 12.1. The summed E-state index contributed by atoms with van der Waals surface area (Å²) in [7, 11) is -5.02. The third kappa shape index (κ3) is 8.99. The summed E-state index contributed by atoms with van der Waals surface area (Å²) in [5, 5.41) is 25.7. The summed E-state index contributed by atoms with van der Waals surface area (Å²) in [6.45, 7) is 14.7. The first kappa shape index (κ1) is 39.8. The molecule has 1 spiro atoms. The Morgan fingerprint density at radius 1 is 0.623 bits per heavy atom. The topological polar surface area (TPSA) is 68.2 Å². The van der Waals surface area contributed by atoms with Crippen LogP contribution in [-0.4, -0.2) is 63.5 Å². The van der Waals surface area contributed by atoms with Crippen molar-refractivity contribution in [3.63, 3.8) is 0 Å². The summed E-state index contributed by atoms with van der Waals surface area (Å²) in [5.41, 5.74) is -0.308. The van der Waals surface area contributed by atoms with Crippen LogP contribution in [0, 0.1) is 0 Å². The number of rotatable bonds is 13. The molecule has 3 fully saturated rings. The predicted octanol–water partition coefficient (Wildman–Crippen LogP) is 7.50. The van der Waals surface area contributed by atoms with Gasteiger partial charge in [-0.1, -0.05) is 163 Å². The molecule has 4 aromatic carbocycles.